The third-order valence-corrected chi connectivity index (χ3v) is 5.15. The number of rotatable bonds is 2. The molecule has 2 bridgehead atoms. The van der Waals surface area contributed by atoms with E-state index in [4.69, 9.17) is 4.74 Å². The second-order valence-corrected chi connectivity index (χ2v) is 6.06. The van der Waals surface area contributed by atoms with Crippen LogP contribution in [0, 0.1) is 5.92 Å². The van der Waals surface area contributed by atoms with Gasteiger partial charge in [0.2, 0.25) is 0 Å². The summed E-state index contributed by atoms with van der Waals surface area (Å²) in [6.45, 7) is 2.43. The van der Waals surface area contributed by atoms with Crippen LogP contribution in [0.5, 0.6) is 5.75 Å². The Hall–Kier alpha value is -1.02. The Kier molecular flexibility index (Phi) is 2.86. The standard InChI is InChI=1S/C16H23NO/c1-16-8-4-5-12(15(16)17-2)9-11-6-7-13(18-3)10-14(11)16/h6-7,10,12,15,17H,4-5,8-9H2,1-3H3/t12?,15?,16-/m1/s1. The largest absolute Gasteiger partial charge is 0.497 e. The average molecular weight is 245 g/mol. The first kappa shape index (κ1) is 12.0. The molecule has 98 valence electrons. The van der Waals surface area contributed by atoms with E-state index >= 15 is 0 Å². The van der Waals surface area contributed by atoms with Gasteiger partial charge in [-0.2, -0.15) is 0 Å². The Labute approximate surface area is 110 Å². The summed E-state index contributed by atoms with van der Waals surface area (Å²) < 4.78 is 5.41. The fourth-order valence-corrected chi connectivity index (χ4v) is 4.32. The number of benzene rings is 1. The van der Waals surface area contributed by atoms with Gasteiger partial charge < -0.3 is 10.1 Å². The summed E-state index contributed by atoms with van der Waals surface area (Å²) in [5.41, 5.74) is 3.33. The van der Waals surface area contributed by atoms with Gasteiger partial charge in [-0.15, -0.1) is 0 Å². The molecular weight excluding hydrogens is 222 g/mol. The Balaban J connectivity index is 2.12. The fraction of sp³-hybridized carbons (Fsp3) is 0.625. The van der Waals surface area contributed by atoms with E-state index < -0.39 is 0 Å². The van der Waals surface area contributed by atoms with Crippen molar-refractivity contribution >= 4 is 0 Å². The number of fused-ring (bicyclic) bond motifs is 4. The van der Waals surface area contributed by atoms with E-state index in [1.165, 1.54) is 36.8 Å². The molecule has 2 heteroatoms. The number of ether oxygens (including phenoxy) is 1. The molecule has 2 nitrogen and oxygen atoms in total. The quantitative estimate of drug-likeness (QED) is 0.865. The molecule has 2 aliphatic rings. The molecule has 1 N–H and O–H groups in total. The van der Waals surface area contributed by atoms with E-state index in [9.17, 15) is 0 Å². The van der Waals surface area contributed by atoms with Crippen molar-refractivity contribution in [1.29, 1.82) is 0 Å². The monoisotopic (exact) mass is 245 g/mol. The van der Waals surface area contributed by atoms with Crippen LogP contribution in [-0.2, 0) is 11.8 Å². The predicted molar refractivity (Wildman–Crippen MR) is 74.2 cm³/mol. The van der Waals surface area contributed by atoms with Crippen molar-refractivity contribution < 1.29 is 4.74 Å². The molecule has 1 saturated carbocycles. The number of hydrogen-bond donors (Lipinski definition) is 1. The molecule has 18 heavy (non-hydrogen) atoms. The van der Waals surface area contributed by atoms with Crippen LogP contribution in [0.15, 0.2) is 18.2 Å². The van der Waals surface area contributed by atoms with E-state index in [-0.39, 0.29) is 5.41 Å². The smallest absolute Gasteiger partial charge is 0.119 e. The van der Waals surface area contributed by atoms with Gasteiger partial charge in [-0.25, -0.2) is 0 Å². The van der Waals surface area contributed by atoms with Crippen molar-refractivity contribution in [2.24, 2.45) is 5.92 Å². The van der Waals surface area contributed by atoms with Crippen molar-refractivity contribution in [2.75, 3.05) is 14.2 Å². The lowest BCUT2D eigenvalue weighted by Gasteiger charge is -2.51. The molecule has 0 aromatic heterocycles. The number of methoxy groups -OCH3 is 1. The van der Waals surface area contributed by atoms with Gasteiger partial charge in [-0.05, 0) is 55.5 Å². The molecule has 1 aromatic rings. The first-order chi connectivity index (χ1) is 8.69. The summed E-state index contributed by atoms with van der Waals surface area (Å²) in [4.78, 5) is 0. The Morgan fingerprint density at radius 1 is 1.39 bits per heavy atom. The van der Waals surface area contributed by atoms with Crippen LogP contribution in [0.1, 0.15) is 37.3 Å². The van der Waals surface area contributed by atoms with Crippen molar-refractivity contribution in [1.82, 2.24) is 5.32 Å². The minimum Gasteiger partial charge on any atom is -0.497 e. The highest BCUT2D eigenvalue weighted by Gasteiger charge is 2.47. The zero-order valence-electron chi connectivity index (χ0n) is 11.6. The highest BCUT2D eigenvalue weighted by Crippen LogP contribution is 2.49. The van der Waals surface area contributed by atoms with E-state index in [2.05, 4.69) is 37.5 Å². The first-order valence-corrected chi connectivity index (χ1v) is 7.03. The number of likely N-dealkylation sites (N-methyl/N-ethyl adjacent to an activating group) is 1. The molecule has 0 amide bonds. The lowest BCUT2D eigenvalue weighted by Crippen LogP contribution is -2.55. The Bertz CT molecular complexity index is 456. The van der Waals surface area contributed by atoms with E-state index in [0.29, 0.717) is 6.04 Å². The Morgan fingerprint density at radius 3 is 2.94 bits per heavy atom. The van der Waals surface area contributed by atoms with Crippen LogP contribution in [0.25, 0.3) is 0 Å². The number of nitrogens with one attached hydrogen (secondary N) is 1. The molecule has 1 fully saturated rings. The highest BCUT2D eigenvalue weighted by molar-refractivity contribution is 5.44. The van der Waals surface area contributed by atoms with Crippen LogP contribution >= 0.6 is 0 Å². The minimum atomic E-state index is 0.278. The topological polar surface area (TPSA) is 21.3 Å². The van der Waals surface area contributed by atoms with Gasteiger partial charge in [-0.3, -0.25) is 0 Å². The molecule has 0 saturated heterocycles. The molecule has 0 radical (unpaired) electrons. The normalized spacial score (nSPS) is 33.9. The molecule has 2 unspecified atom stereocenters. The minimum absolute atomic E-state index is 0.278. The summed E-state index contributed by atoms with van der Waals surface area (Å²) >= 11 is 0. The summed E-state index contributed by atoms with van der Waals surface area (Å²) in [7, 11) is 3.87. The van der Waals surface area contributed by atoms with E-state index in [0.717, 1.165) is 11.7 Å². The second-order valence-electron chi connectivity index (χ2n) is 6.06. The molecule has 0 aliphatic heterocycles. The fourth-order valence-electron chi connectivity index (χ4n) is 4.32. The van der Waals surface area contributed by atoms with Gasteiger partial charge in [0.15, 0.2) is 0 Å². The van der Waals surface area contributed by atoms with Crippen molar-refractivity contribution in [3.05, 3.63) is 29.3 Å². The lowest BCUT2D eigenvalue weighted by atomic mass is 9.57. The predicted octanol–water partition coefficient (Wildman–Crippen LogP) is 2.90. The van der Waals surface area contributed by atoms with E-state index in [1.54, 1.807) is 7.11 Å². The maximum Gasteiger partial charge on any atom is 0.119 e. The van der Waals surface area contributed by atoms with Crippen LogP contribution in [0.3, 0.4) is 0 Å². The molecule has 3 rings (SSSR count). The third-order valence-electron chi connectivity index (χ3n) is 5.15. The number of hydrogen-bond acceptors (Lipinski definition) is 2. The molecule has 2 aliphatic carbocycles. The maximum atomic E-state index is 5.41. The average Bonchev–Trinajstić information content (AvgIpc) is 2.38. The van der Waals surface area contributed by atoms with Gasteiger partial charge in [0.1, 0.15) is 5.75 Å². The van der Waals surface area contributed by atoms with Crippen LogP contribution in [-0.4, -0.2) is 20.2 Å². The van der Waals surface area contributed by atoms with Crippen molar-refractivity contribution in [2.45, 2.75) is 44.1 Å². The first-order valence-electron chi connectivity index (χ1n) is 7.03. The van der Waals surface area contributed by atoms with Gasteiger partial charge in [0.05, 0.1) is 7.11 Å². The van der Waals surface area contributed by atoms with E-state index in [1.807, 2.05) is 0 Å². The summed E-state index contributed by atoms with van der Waals surface area (Å²) in [5, 5.41) is 3.58. The van der Waals surface area contributed by atoms with Gasteiger partial charge >= 0.3 is 0 Å². The highest BCUT2D eigenvalue weighted by atomic mass is 16.5. The Morgan fingerprint density at radius 2 is 2.22 bits per heavy atom. The van der Waals surface area contributed by atoms with Crippen LogP contribution < -0.4 is 10.1 Å². The third kappa shape index (κ3) is 1.58. The summed E-state index contributed by atoms with van der Waals surface area (Å²) in [5.74, 6) is 1.79. The van der Waals surface area contributed by atoms with Crippen LogP contribution in [0.4, 0.5) is 0 Å². The van der Waals surface area contributed by atoms with Gasteiger partial charge in [0, 0.05) is 11.5 Å². The van der Waals surface area contributed by atoms with Gasteiger partial charge in [0.25, 0.3) is 0 Å². The van der Waals surface area contributed by atoms with Gasteiger partial charge in [-0.1, -0.05) is 19.4 Å². The summed E-state index contributed by atoms with van der Waals surface area (Å²) in [6.07, 6.45) is 5.23. The zero-order valence-corrected chi connectivity index (χ0v) is 11.6. The molecular formula is C16H23NO. The molecule has 3 atom stereocenters. The molecule has 1 aromatic carbocycles. The zero-order chi connectivity index (χ0) is 12.8. The maximum absolute atomic E-state index is 5.41. The second kappa shape index (κ2) is 4.27. The van der Waals surface area contributed by atoms with Crippen molar-refractivity contribution in [3.63, 3.8) is 0 Å². The van der Waals surface area contributed by atoms with Crippen molar-refractivity contribution in [3.8, 4) is 5.75 Å². The molecule has 0 heterocycles. The van der Waals surface area contributed by atoms with Crippen LogP contribution in [0.2, 0.25) is 0 Å². The SMILES string of the molecule is CNC1C2CCC[C@]1(C)c1cc(OC)ccc1C2. The summed E-state index contributed by atoms with van der Waals surface area (Å²) in [6, 6.07) is 7.26. The lowest BCUT2D eigenvalue weighted by molar-refractivity contribution is 0.147. The molecule has 0 spiro atoms.